The Bertz CT molecular complexity index is 642. The third kappa shape index (κ3) is 2.33. The summed E-state index contributed by atoms with van der Waals surface area (Å²) in [6, 6.07) is 9.70. The molecule has 0 saturated carbocycles. The lowest BCUT2D eigenvalue weighted by Crippen LogP contribution is -2.07. The Labute approximate surface area is 116 Å². The largest absolute Gasteiger partial charge is 0.494 e. The molecular weight excluding hydrogens is 260 g/mol. The van der Waals surface area contributed by atoms with Crippen molar-refractivity contribution >= 4 is 5.69 Å². The molecule has 4 heteroatoms. The highest BCUT2D eigenvalue weighted by molar-refractivity contribution is 5.52. The van der Waals surface area contributed by atoms with E-state index in [1.807, 2.05) is 6.07 Å². The second kappa shape index (κ2) is 5.12. The lowest BCUT2D eigenvalue weighted by atomic mass is 10.1. The zero-order valence-corrected chi connectivity index (χ0v) is 11.1. The molecule has 1 aliphatic rings. The molecule has 1 aliphatic carbocycles. The summed E-state index contributed by atoms with van der Waals surface area (Å²) in [5, 5.41) is 3.35. The first-order valence-electron chi connectivity index (χ1n) is 6.56. The topological polar surface area (TPSA) is 21.3 Å². The van der Waals surface area contributed by atoms with Gasteiger partial charge in [-0.05, 0) is 48.2 Å². The molecule has 0 saturated heterocycles. The van der Waals surface area contributed by atoms with Gasteiger partial charge in [-0.15, -0.1) is 0 Å². The van der Waals surface area contributed by atoms with E-state index in [0.29, 0.717) is 0 Å². The minimum absolute atomic E-state index is 0.126. The standard InChI is InChI=1S/C16H15F2NO/c1-20-16-9-12(4-6-14(16)18)19-15-7-2-10-8-11(17)3-5-13(10)15/h3-6,8-9,15,19H,2,7H2,1H3. The van der Waals surface area contributed by atoms with Gasteiger partial charge in [-0.1, -0.05) is 6.07 Å². The van der Waals surface area contributed by atoms with E-state index < -0.39 is 0 Å². The lowest BCUT2D eigenvalue weighted by molar-refractivity contribution is 0.386. The molecule has 0 radical (unpaired) electrons. The van der Waals surface area contributed by atoms with Gasteiger partial charge in [0, 0.05) is 11.8 Å². The SMILES string of the molecule is COc1cc(NC2CCc3cc(F)ccc32)ccc1F. The van der Waals surface area contributed by atoms with E-state index in [-0.39, 0.29) is 23.4 Å². The van der Waals surface area contributed by atoms with Crippen LogP contribution in [0.1, 0.15) is 23.6 Å². The minimum Gasteiger partial charge on any atom is -0.494 e. The van der Waals surface area contributed by atoms with Gasteiger partial charge < -0.3 is 10.1 Å². The average Bonchev–Trinajstić information content (AvgIpc) is 2.83. The number of halogens is 2. The number of hydrogen-bond acceptors (Lipinski definition) is 2. The summed E-state index contributed by atoms with van der Waals surface area (Å²) in [5.41, 5.74) is 2.94. The normalized spacial score (nSPS) is 16.9. The molecule has 0 heterocycles. The van der Waals surface area contributed by atoms with Gasteiger partial charge >= 0.3 is 0 Å². The zero-order valence-electron chi connectivity index (χ0n) is 11.1. The van der Waals surface area contributed by atoms with Gasteiger partial charge in [-0.25, -0.2) is 8.78 Å². The molecular formula is C16H15F2NO. The van der Waals surface area contributed by atoms with Crippen molar-refractivity contribution in [2.75, 3.05) is 12.4 Å². The summed E-state index contributed by atoms with van der Waals surface area (Å²) in [7, 11) is 1.44. The second-order valence-corrected chi connectivity index (χ2v) is 4.93. The predicted octanol–water partition coefficient (Wildman–Crippen LogP) is 4.07. The predicted molar refractivity (Wildman–Crippen MR) is 74.0 cm³/mol. The van der Waals surface area contributed by atoms with Crippen LogP contribution in [0.2, 0.25) is 0 Å². The van der Waals surface area contributed by atoms with Crippen LogP contribution >= 0.6 is 0 Å². The van der Waals surface area contributed by atoms with Crippen molar-refractivity contribution < 1.29 is 13.5 Å². The monoisotopic (exact) mass is 275 g/mol. The Morgan fingerprint density at radius 2 is 2.00 bits per heavy atom. The molecule has 2 nitrogen and oxygen atoms in total. The minimum atomic E-state index is -0.382. The number of fused-ring (bicyclic) bond motifs is 1. The van der Waals surface area contributed by atoms with Gasteiger partial charge in [0.1, 0.15) is 5.82 Å². The third-order valence-corrected chi connectivity index (χ3v) is 3.67. The van der Waals surface area contributed by atoms with E-state index >= 15 is 0 Å². The smallest absolute Gasteiger partial charge is 0.165 e. The van der Waals surface area contributed by atoms with E-state index in [2.05, 4.69) is 5.32 Å². The molecule has 0 aromatic heterocycles. The number of anilines is 1. The molecule has 1 N–H and O–H groups in total. The van der Waals surface area contributed by atoms with E-state index in [9.17, 15) is 8.78 Å². The van der Waals surface area contributed by atoms with Gasteiger partial charge in [-0.3, -0.25) is 0 Å². The van der Waals surface area contributed by atoms with Crippen LogP contribution < -0.4 is 10.1 Å². The van der Waals surface area contributed by atoms with Crippen LogP contribution in [-0.4, -0.2) is 7.11 Å². The first-order chi connectivity index (χ1) is 9.67. The molecule has 3 rings (SSSR count). The third-order valence-electron chi connectivity index (χ3n) is 3.67. The maximum Gasteiger partial charge on any atom is 0.165 e. The molecule has 20 heavy (non-hydrogen) atoms. The van der Waals surface area contributed by atoms with Crippen LogP contribution in [0.5, 0.6) is 5.75 Å². The fourth-order valence-electron chi connectivity index (χ4n) is 2.69. The number of aryl methyl sites for hydroxylation is 1. The summed E-state index contributed by atoms with van der Waals surface area (Å²) in [5.74, 6) is -0.368. The summed E-state index contributed by atoms with van der Waals surface area (Å²) < 4.78 is 31.5. The Kier molecular flexibility index (Phi) is 3.30. The van der Waals surface area contributed by atoms with Crippen LogP contribution in [0.4, 0.5) is 14.5 Å². The molecule has 0 amide bonds. The van der Waals surface area contributed by atoms with Crippen LogP contribution in [0.3, 0.4) is 0 Å². The molecule has 1 unspecified atom stereocenters. The van der Waals surface area contributed by atoms with Crippen molar-refractivity contribution in [1.82, 2.24) is 0 Å². The number of hydrogen-bond donors (Lipinski definition) is 1. The fourth-order valence-corrected chi connectivity index (χ4v) is 2.69. The molecule has 0 fully saturated rings. The quantitative estimate of drug-likeness (QED) is 0.911. The van der Waals surface area contributed by atoms with E-state index in [0.717, 1.165) is 29.7 Å². The van der Waals surface area contributed by atoms with Gasteiger partial charge in [0.2, 0.25) is 0 Å². The van der Waals surface area contributed by atoms with Crippen molar-refractivity contribution in [3.8, 4) is 5.75 Å². The molecule has 0 bridgehead atoms. The van der Waals surface area contributed by atoms with Gasteiger partial charge in [0.15, 0.2) is 11.6 Å². The summed E-state index contributed by atoms with van der Waals surface area (Å²) in [6.07, 6.45) is 1.75. The van der Waals surface area contributed by atoms with E-state index in [4.69, 9.17) is 4.74 Å². The maximum atomic E-state index is 13.4. The second-order valence-electron chi connectivity index (χ2n) is 4.93. The number of benzene rings is 2. The van der Waals surface area contributed by atoms with Crippen molar-refractivity contribution in [1.29, 1.82) is 0 Å². The van der Waals surface area contributed by atoms with Crippen molar-refractivity contribution in [2.45, 2.75) is 18.9 Å². The Morgan fingerprint density at radius 1 is 1.15 bits per heavy atom. The maximum absolute atomic E-state index is 13.4. The van der Waals surface area contributed by atoms with E-state index in [1.54, 1.807) is 18.2 Å². The van der Waals surface area contributed by atoms with Crippen molar-refractivity contribution in [3.63, 3.8) is 0 Å². The summed E-state index contributed by atoms with van der Waals surface area (Å²) in [6.45, 7) is 0. The fraction of sp³-hybridized carbons (Fsp3) is 0.250. The Morgan fingerprint density at radius 3 is 2.80 bits per heavy atom. The first kappa shape index (κ1) is 12.9. The summed E-state index contributed by atoms with van der Waals surface area (Å²) in [4.78, 5) is 0. The van der Waals surface area contributed by atoms with Gasteiger partial charge in [-0.2, -0.15) is 0 Å². The number of methoxy groups -OCH3 is 1. The van der Waals surface area contributed by atoms with Crippen LogP contribution in [-0.2, 0) is 6.42 Å². The van der Waals surface area contributed by atoms with Gasteiger partial charge in [0.25, 0.3) is 0 Å². The lowest BCUT2D eigenvalue weighted by Gasteiger charge is -2.16. The molecule has 2 aromatic rings. The van der Waals surface area contributed by atoms with Crippen LogP contribution in [0.15, 0.2) is 36.4 Å². The summed E-state index contributed by atoms with van der Waals surface area (Å²) >= 11 is 0. The zero-order chi connectivity index (χ0) is 14.1. The first-order valence-corrected chi connectivity index (χ1v) is 6.56. The number of nitrogens with one attached hydrogen (secondary N) is 1. The molecule has 0 aliphatic heterocycles. The Hall–Kier alpha value is -2.10. The highest BCUT2D eigenvalue weighted by Crippen LogP contribution is 2.35. The number of rotatable bonds is 3. The molecule has 0 spiro atoms. The van der Waals surface area contributed by atoms with Crippen LogP contribution in [0, 0.1) is 11.6 Å². The molecule has 2 aromatic carbocycles. The molecule has 1 atom stereocenters. The highest BCUT2D eigenvalue weighted by atomic mass is 19.1. The van der Waals surface area contributed by atoms with Crippen molar-refractivity contribution in [3.05, 3.63) is 59.2 Å². The van der Waals surface area contributed by atoms with Gasteiger partial charge in [0.05, 0.1) is 13.2 Å². The van der Waals surface area contributed by atoms with Crippen molar-refractivity contribution in [2.24, 2.45) is 0 Å². The van der Waals surface area contributed by atoms with Crippen LogP contribution in [0.25, 0.3) is 0 Å². The highest BCUT2D eigenvalue weighted by Gasteiger charge is 2.22. The number of ether oxygens (including phenoxy) is 1. The average molecular weight is 275 g/mol. The van der Waals surface area contributed by atoms with E-state index in [1.165, 1.54) is 19.2 Å². The molecule has 104 valence electrons. The Balaban J connectivity index is 1.84.